The van der Waals surface area contributed by atoms with Gasteiger partial charge in [0.25, 0.3) is 11.8 Å². The lowest BCUT2D eigenvalue weighted by molar-refractivity contribution is 0.194. The minimum Gasteiger partial charge on any atom is -0.493 e. The van der Waals surface area contributed by atoms with E-state index >= 15 is 0 Å². The zero-order chi connectivity index (χ0) is 19.4. The van der Waals surface area contributed by atoms with Gasteiger partial charge in [-0.2, -0.15) is 4.31 Å². The molecule has 1 atom stereocenters. The molecule has 0 radical (unpaired) electrons. The average Bonchev–Trinajstić information content (AvgIpc) is 3.17. The van der Waals surface area contributed by atoms with Crippen molar-refractivity contribution in [2.75, 3.05) is 34.4 Å². The van der Waals surface area contributed by atoms with Crippen molar-refractivity contribution in [2.24, 2.45) is 0 Å². The van der Waals surface area contributed by atoms with Crippen LogP contribution in [0.3, 0.4) is 0 Å². The number of methoxy groups -OCH3 is 3. The third-order valence-electron chi connectivity index (χ3n) is 4.21. The van der Waals surface area contributed by atoms with Gasteiger partial charge in [-0.15, -0.1) is 0 Å². The fraction of sp³-hybridized carbons (Fsp3) is 0.412. The molecule has 0 N–H and O–H groups in total. The van der Waals surface area contributed by atoms with Gasteiger partial charge in [-0.25, -0.2) is 18.4 Å². The Balaban J connectivity index is 1.76. The molecule has 10 heteroatoms. The van der Waals surface area contributed by atoms with Crippen LogP contribution in [0, 0.1) is 0 Å². The number of benzene rings is 1. The molecule has 2 aromatic rings. The van der Waals surface area contributed by atoms with Crippen LogP contribution in [-0.2, 0) is 10.0 Å². The molecule has 1 aromatic carbocycles. The normalized spacial score (nSPS) is 17.5. The smallest absolute Gasteiger partial charge is 0.278 e. The Labute approximate surface area is 157 Å². The average molecular weight is 395 g/mol. The van der Waals surface area contributed by atoms with Gasteiger partial charge in [0.15, 0.2) is 11.5 Å². The summed E-state index contributed by atoms with van der Waals surface area (Å²) >= 11 is 0. The number of hydrogen-bond acceptors (Lipinski definition) is 8. The molecule has 0 saturated carbocycles. The van der Waals surface area contributed by atoms with Crippen molar-refractivity contribution in [3.8, 4) is 23.3 Å². The number of sulfonamides is 1. The topological polar surface area (TPSA) is 100 Å². The van der Waals surface area contributed by atoms with Gasteiger partial charge in [-0.1, -0.05) is 0 Å². The molecule has 2 heterocycles. The molecule has 1 saturated heterocycles. The Morgan fingerprint density at radius 1 is 1.00 bits per heavy atom. The van der Waals surface area contributed by atoms with Gasteiger partial charge in [-0.3, -0.25) is 0 Å². The maximum atomic E-state index is 12.9. The second kappa shape index (κ2) is 7.97. The minimum atomic E-state index is -3.69. The highest BCUT2D eigenvalue weighted by Crippen LogP contribution is 2.32. The molecule has 1 aliphatic heterocycles. The molecule has 0 bridgehead atoms. The number of hydrogen-bond donors (Lipinski definition) is 0. The molecular formula is C17H21N3O6S. The second-order valence-corrected chi connectivity index (χ2v) is 7.72. The standard InChI is InChI=1S/C17H21N3O6S/c1-23-14-5-4-13(10-15(14)24-2)27(21,22)20-9-6-12(11-20)26-17-16(25-3)18-7-8-19-17/h4-5,7-8,10,12H,6,9,11H2,1-3H3/t12-/m1/s1. The van der Waals surface area contributed by atoms with E-state index in [-0.39, 0.29) is 29.3 Å². The van der Waals surface area contributed by atoms with Gasteiger partial charge in [0, 0.05) is 25.0 Å². The van der Waals surface area contributed by atoms with Crippen LogP contribution in [-0.4, -0.2) is 63.2 Å². The van der Waals surface area contributed by atoms with E-state index in [9.17, 15) is 8.42 Å². The molecule has 1 aliphatic rings. The van der Waals surface area contributed by atoms with Gasteiger partial charge in [-0.05, 0) is 18.6 Å². The second-order valence-electron chi connectivity index (χ2n) is 5.78. The molecule has 0 spiro atoms. The van der Waals surface area contributed by atoms with Crippen LogP contribution in [0.15, 0.2) is 35.5 Å². The summed E-state index contributed by atoms with van der Waals surface area (Å²) in [7, 11) is 0.741. The molecule has 0 amide bonds. The summed E-state index contributed by atoms with van der Waals surface area (Å²) < 4.78 is 48.5. The first-order valence-corrected chi connectivity index (χ1v) is 9.67. The zero-order valence-corrected chi connectivity index (χ0v) is 16.1. The molecule has 9 nitrogen and oxygen atoms in total. The van der Waals surface area contributed by atoms with Crippen molar-refractivity contribution in [3.05, 3.63) is 30.6 Å². The Morgan fingerprint density at radius 2 is 1.70 bits per heavy atom. The fourth-order valence-corrected chi connectivity index (χ4v) is 4.33. The van der Waals surface area contributed by atoms with Crippen LogP contribution in [0.2, 0.25) is 0 Å². The Kier molecular flexibility index (Phi) is 5.66. The SMILES string of the molecule is COc1ccc(S(=O)(=O)N2CC[C@@H](Oc3nccnc3OC)C2)cc1OC. The molecule has 3 rings (SSSR count). The predicted molar refractivity (Wildman–Crippen MR) is 95.9 cm³/mol. The van der Waals surface area contributed by atoms with E-state index < -0.39 is 10.0 Å². The minimum absolute atomic E-state index is 0.137. The van der Waals surface area contributed by atoms with Gasteiger partial charge in [0.1, 0.15) is 6.10 Å². The van der Waals surface area contributed by atoms with Crippen molar-refractivity contribution in [3.63, 3.8) is 0 Å². The number of rotatable bonds is 7. The summed E-state index contributed by atoms with van der Waals surface area (Å²) in [6.45, 7) is 0.542. The number of aromatic nitrogens is 2. The summed E-state index contributed by atoms with van der Waals surface area (Å²) in [5.74, 6) is 1.33. The predicted octanol–water partition coefficient (Wildman–Crippen LogP) is 1.34. The third-order valence-corrected chi connectivity index (χ3v) is 6.07. The van der Waals surface area contributed by atoms with Crippen molar-refractivity contribution >= 4 is 10.0 Å². The van der Waals surface area contributed by atoms with Crippen LogP contribution in [0.4, 0.5) is 0 Å². The lowest BCUT2D eigenvalue weighted by Gasteiger charge is -2.18. The van der Waals surface area contributed by atoms with Gasteiger partial charge in [0.2, 0.25) is 10.0 Å². The van der Waals surface area contributed by atoms with Crippen molar-refractivity contribution < 1.29 is 27.4 Å². The van der Waals surface area contributed by atoms with E-state index in [0.717, 1.165) is 0 Å². The Morgan fingerprint density at radius 3 is 2.37 bits per heavy atom. The van der Waals surface area contributed by atoms with E-state index in [2.05, 4.69) is 9.97 Å². The Bertz CT molecular complexity index is 905. The van der Waals surface area contributed by atoms with E-state index in [1.54, 1.807) is 6.07 Å². The van der Waals surface area contributed by atoms with E-state index in [1.165, 1.54) is 50.2 Å². The van der Waals surface area contributed by atoms with Crippen molar-refractivity contribution in [1.29, 1.82) is 0 Å². The largest absolute Gasteiger partial charge is 0.493 e. The summed E-state index contributed by atoms with van der Waals surface area (Å²) in [6.07, 6.45) is 3.18. The summed E-state index contributed by atoms with van der Waals surface area (Å²) in [5, 5.41) is 0. The highest BCUT2D eigenvalue weighted by atomic mass is 32.2. The lowest BCUT2D eigenvalue weighted by Crippen LogP contribution is -2.31. The van der Waals surface area contributed by atoms with Crippen LogP contribution in [0.1, 0.15) is 6.42 Å². The van der Waals surface area contributed by atoms with Crippen LogP contribution >= 0.6 is 0 Å². The number of nitrogens with zero attached hydrogens (tertiary/aromatic N) is 3. The molecular weight excluding hydrogens is 374 g/mol. The monoisotopic (exact) mass is 395 g/mol. The summed E-state index contributed by atoms with van der Waals surface area (Å²) in [5.41, 5.74) is 0. The van der Waals surface area contributed by atoms with E-state index in [1.807, 2.05) is 0 Å². The first-order chi connectivity index (χ1) is 13.0. The third kappa shape index (κ3) is 3.91. The zero-order valence-electron chi connectivity index (χ0n) is 15.3. The summed E-state index contributed by atoms with van der Waals surface area (Å²) in [4.78, 5) is 8.25. The highest BCUT2D eigenvalue weighted by Gasteiger charge is 2.34. The molecule has 0 aliphatic carbocycles. The van der Waals surface area contributed by atoms with Crippen molar-refractivity contribution in [2.45, 2.75) is 17.4 Å². The maximum absolute atomic E-state index is 12.9. The molecule has 1 aromatic heterocycles. The fourth-order valence-electron chi connectivity index (χ4n) is 2.83. The van der Waals surface area contributed by atoms with Crippen LogP contribution in [0.25, 0.3) is 0 Å². The quantitative estimate of drug-likeness (QED) is 0.693. The van der Waals surface area contributed by atoms with E-state index in [0.29, 0.717) is 24.5 Å². The van der Waals surface area contributed by atoms with Gasteiger partial charge < -0.3 is 18.9 Å². The first kappa shape index (κ1) is 19.2. The molecule has 1 fully saturated rings. The first-order valence-electron chi connectivity index (χ1n) is 8.23. The lowest BCUT2D eigenvalue weighted by atomic mass is 10.3. The van der Waals surface area contributed by atoms with Gasteiger partial charge in [0.05, 0.1) is 32.8 Å². The highest BCUT2D eigenvalue weighted by molar-refractivity contribution is 7.89. The molecule has 146 valence electrons. The molecule has 27 heavy (non-hydrogen) atoms. The van der Waals surface area contributed by atoms with Gasteiger partial charge >= 0.3 is 0 Å². The van der Waals surface area contributed by atoms with Crippen LogP contribution < -0.4 is 18.9 Å². The molecule has 0 unspecified atom stereocenters. The number of ether oxygens (including phenoxy) is 4. The maximum Gasteiger partial charge on any atom is 0.278 e. The summed E-state index contributed by atoms with van der Waals surface area (Å²) in [6, 6.07) is 4.52. The van der Waals surface area contributed by atoms with E-state index in [4.69, 9.17) is 18.9 Å². The Hall–Kier alpha value is -2.59. The van der Waals surface area contributed by atoms with Crippen LogP contribution in [0.5, 0.6) is 23.3 Å². The van der Waals surface area contributed by atoms with Crippen molar-refractivity contribution in [1.82, 2.24) is 14.3 Å².